The van der Waals surface area contributed by atoms with Crippen LogP contribution < -0.4 is 15.4 Å². The van der Waals surface area contributed by atoms with Gasteiger partial charge in [-0.3, -0.25) is 4.79 Å². The van der Waals surface area contributed by atoms with Crippen LogP contribution in [0.2, 0.25) is 0 Å². The molecule has 1 aliphatic carbocycles. The van der Waals surface area contributed by atoms with Crippen molar-refractivity contribution in [2.45, 2.75) is 31.7 Å². The smallest absolute Gasteiger partial charge is 0.239 e. The standard InChI is InChI=1S/C14H19FN2O2/c1-19-13-8-10(15)6-7-12(13)16-9-14(18)17-11-4-2-3-5-11/h6-8,11,16H,2-5,9H2,1H3,(H,17,18). The predicted octanol–water partition coefficient (Wildman–Crippen LogP) is 2.30. The third kappa shape index (κ3) is 3.84. The third-order valence-electron chi connectivity index (χ3n) is 3.32. The molecule has 1 saturated carbocycles. The van der Waals surface area contributed by atoms with Crippen molar-refractivity contribution in [2.75, 3.05) is 19.0 Å². The maximum atomic E-state index is 13.0. The molecule has 1 aromatic carbocycles. The lowest BCUT2D eigenvalue weighted by Crippen LogP contribution is -2.36. The first-order valence-electron chi connectivity index (χ1n) is 6.56. The molecule has 4 nitrogen and oxygen atoms in total. The molecule has 0 spiro atoms. The van der Waals surface area contributed by atoms with E-state index < -0.39 is 0 Å². The Morgan fingerprint density at radius 2 is 2.16 bits per heavy atom. The molecule has 1 fully saturated rings. The van der Waals surface area contributed by atoms with Crippen LogP contribution in [-0.2, 0) is 4.79 Å². The second-order valence-corrected chi connectivity index (χ2v) is 4.75. The summed E-state index contributed by atoms with van der Waals surface area (Å²) in [7, 11) is 1.47. The van der Waals surface area contributed by atoms with Gasteiger partial charge in [0, 0.05) is 12.1 Å². The summed E-state index contributed by atoms with van der Waals surface area (Å²) in [4.78, 5) is 11.8. The molecule has 1 aliphatic rings. The van der Waals surface area contributed by atoms with Gasteiger partial charge < -0.3 is 15.4 Å². The van der Waals surface area contributed by atoms with Crippen molar-refractivity contribution in [2.24, 2.45) is 0 Å². The fraction of sp³-hybridized carbons (Fsp3) is 0.500. The monoisotopic (exact) mass is 266 g/mol. The molecule has 1 aromatic rings. The van der Waals surface area contributed by atoms with Crippen LogP contribution in [0.4, 0.5) is 10.1 Å². The number of rotatable bonds is 5. The van der Waals surface area contributed by atoms with E-state index >= 15 is 0 Å². The minimum atomic E-state index is -0.363. The van der Waals surface area contributed by atoms with Crippen LogP contribution in [0.1, 0.15) is 25.7 Å². The van der Waals surface area contributed by atoms with Crippen LogP contribution >= 0.6 is 0 Å². The molecule has 0 bridgehead atoms. The van der Waals surface area contributed by atoms with Gasteiger partial charge in [-0.2, -0.15) is 0 Å². The molecule has 0 aliphatic heterocycles. The van der Waals surface area contributed by atoms with E-state index in [-0.39, 0.29) is 18.3 Å². The van der Waals surface area contributed by atoms with Crippen molar-refractivity contribution >= 4 is 11.6 Å². The van der Waals surface area contributed by atoms with E-state index in [1.807, 2.05) is 0 Å². The fourth-order valence-corrected chi connectivity index (χ4v) is 2.34. The number of ether oxygens (including phenoxy) is 1. The van der Waals surface area contributed by atoms with E-state index in [1.165, 1.54) is 32.1 Å². The number of anilines is 1. The molecular formula is C14H19FN2O2. The van der Waals surface area contributed by atoms with Crippen LogP contribution in [-0.4, -0.2) is 25.6 Å². The van der Waals surface area contributed by atoms with Crippen LogP contribution in [0, 0.1) is 5.82 Å². The number of halogens is 1. The van der Waals surface area contributed by atoms with Gasteiger partial charge in [0.25, 0.3) is 0 Å². The Morgan fingerprint density at radius 1 is 1.42 bits per heavy atom. The Balaban J connectivity index is 1.85. The molecule has 1 amide bonds. The number of methoxy groups -OCH3 is 1. The van der Waals surface area contributed by atoms with Gasteiger partial charge in [-0.05, 0) is 25.0 Å². The van der Waals surface area contributed by atoms with Crippen LogP contribution in [0.25, 0.3) is 0 Å². The molecule has 0 aromatic heterocycles. The maximum Gasteiger partial charge on any atom is 0.239 e. The summed E-state index contributed by atoms with van der Waals surface area (Å²) in [5.74, 6) is -0.00949. The molecule has 0 heterocycles. The average Bonchev–Trinajstić information content (AvgIpc) is 2.90. The first kappa shape index (κ1) is 13.6. The molecule has 0 saturated heterocycles. The van der Waals surface area contributed by atoms with Crippen molar-refractivity contribution in [1.82, 2.24) is 5.32 Å². The van der Waals surface area contributed by atoms with Crippen molar-refractivity contribution in [3.8, 4) is 5.75 Å². The van der Waals surface area contributed by atoms with Crippen molar-refractivity contribution in [3.63, 3.8) is 0 Å². The fourth-order valence-electron chi connectivity index (χ4n) is 2.34. The van der Waals surface area contributed by atoms with Crippen LogP contribution in [0.3, 0.4) is 0 Å². The number of benzene rings is 1. The topological polar surface area (TPSA) is 50.4 Å². The van der Waals surface area contributed by atoms with E-state index in [0.29, 0.717) is 17.5 Å². The lowest BCUT2D eigenvalue weighted by atomic mass is 10.2. The summed E-state index contributed by atoms with van der Waals surface area (Å²) < 4.78 is 18.1. The Morgan fingerprint density at radius 3 is 2.84 bits per heavy atom. The average molecular weight is 266 g/mol. The van der Waals surface area contributed by atoms with E-state index in [2.05, 4.69) is 10.6 Å². The number of hydrogen-bond acceptors (Lipinski definition) is 3. The van der Waals surface area contributed by atoms with Crippen molar-refractivity contribution in [3.05, 3.63) is 24.0 Å². The summed E-state index contributed by atoms with van der Waals surface area (Å²) >= 11 is 0. The van der Waals surface area contributed by atoms with Crippen molar-refractivity contribution in [1.29, 1.82) is 0 Å². The summed E-state index contributed by atoms with van der Waals surface area (Å²) in [6, 6.07) is 4.50. The second kappa shape index (κ2) is 6.41. The number of hydrogen-bond donors (Lipinski definition) is 2. The Kier molecular flexibility index (Phi) is 4.60. The van der Waals surface area contributed by atoms with E-state index in [9.17, 15) is 9.18 Å². The van der Waals surface area contributed by atoms with Gasteiger partial charge in [-0.1, -0.05) is 12.8 Å². The first-order chi connectivity index (χ1) is 9.19. The minimum absolute atomic E-state index is 0.0433. The Hall–Kier alpha value is -1.78. The number of amides is 1. The zero-order chi connectivity index (χ0) is 13.7. The highest BCUT2D eigenvalue weighted by Crippen LogP contribution is 2.24. The van der Waals surface area contributed by atoms with Gasteiger partial charge in [0.1, 0.15) is 11.6 Å². The lowest BCUT2D eigenvalue weighted by molar-refractivity contribution is -0.120. The zero-order valence-electron chi connectivity index (χ0n) is 11.0. The highest BCUT2D eigenvalue weighted by molar-refractivity contribution is 5.81. The molecule has 0 unspecified atom stereocenters. The minimum Gasteiger partial charge on any atom is -0.494 e. The summed E-state index contributed by atoms with van der Waals surface area (Å²) in [6.45, 7) is 0.165. The van der Waals surface area contributed by atoms with Gasteiger partial charge >= 0.3 is 0 Å². The molecule has 5 heteroatoms. The van der Waals surface area contributed by atoms with Gasteiger partial charge in [-0.15, -0.1) is 0 Å². The quantitative estimate of drug-likeness (QED) is 0.860. The van der Waals surface area contributed by atoms with Gasteiger partial charge in [0.2, 0.25) is 5.91 Å². The highest BCUT2D eigenvalue weighted by Gasteiger charge is 2.17. The SMILES string of the molecule is COc1cc(F)ccc1NCC(=O)NC1CCCC1. The van der Waals surface area contributed by atoms with E-state index in [4.69, 9.17) is 4.74 Å². The van der Waals surface area contributed by atoms with Crippen LogP contribution in [0.5, 0.6) is 5.75 Å². The van der Waals surface area contributed by atoms with E-state index in [1.54, 1.807) is 6.07 Å². The molecule has 0 radical (unpaired) electrons. The largest absolute Gasteiger partial charge is 0.494 e. The molecule has 2 rings (SSSR count). The van der Waals surface area contributed by atoms with Gasteiger partial charge in [0.15, 0.2) is 0 Å². The molecule has 104 valence electrons. The lowest BCUT2D eigenvalue weighted by Gasteiger charge is -2.14. The Labute approximate surface area is 112 Å². The molecule has 19 heavy (non-hydrogen) atoms. The molecule has 2 N–H and O–H groups in total. The number of nitrogens with one attached hydrogen (secondary N) is 2. The van der Waals surface area contributed by atoms with Crippen LogP contribution in [0.15, 0.2) is 18.2 Å². The summed E-state index contributed by atoms with van der Waals surface area (Å²) in [5.41, 5.74) is 0.616. The third-order valence-corrected chi connectivity index (χ3v) is 3.32. The highest BCUT2D eigenvalue weighted by atomic mass is 19.1. The van der Waals surface area contributed by atoms with Crippen molar-refractivity contribution < 1.29 is 13.9 Å². The molecular weight excluding hydrogens is 247 g/mol. The predicted molar refractivity (Wildman–Crippen MR) is 71.8 cm³/mol. The summed E-state index contributed by atoms with van der Waals surface area (Å²) in [6.07, 6.45) is 4.49. The number of carbonyl (C=O) groups excluding carboxylic acids is 1. The van der Waals surface area contributed by atoms with Gasteiger partial charge in [0.05, 0.1) is 19.3 Å². The normalized spacial score (nSPS) is 15.3. The van der Waals surface area contributed by atoms with Gasteiger partial charge in [-0.25, -0.2) is 4.39 Å². The molecule has 0 atom stereocenters. The maximum absolute atomic E-state index is 13.0. The Bertz CT molecular complexity index is 445. The second-order valence-electron chi connectivity index (χ2n) is 4.75. The first-order valence-corrected chi connectivity index (χ1v) is 6.56. The zero-order valence-corrected chi connectivity index (χ0v) is 11.0. The number of carbonyl (C=O) groups is 1. The summed E-state index contributed by atoms with van der Waals surface area (Å²) in [5, 5.41) is 5.94. The van der Waals surface area contributed by atoms with E-state index in [0.717, 1.165) is 12.8 Å².